The number of carbonyl (C=O) groups excluding carboxylic acids is 1. The van der Waals surface area contributed by atoms with Crippen LogP contribution in [0.15, 0.2) is 57.8 Å². The third kappa shape index (κ3) is 4.91. The second-order valence-electron chi connectivity index (χ2n) is 7.66. The molecule has 4 rings (SSSR count). The minimum Gasteiger partial charge on any atom is -0.441 e. The molecule has 1 fully saturated rings. The first kappa shape index (κ1) is 19.8. The van der Waals surface area contributed by atoms with Gasteiger partial charge in [-0.2, -0.15) is 0 Å². The molecule has 29 heavy (non-hydrogen) atoms. The number of benzene rings is 2. The van der Waals surface area contributed by atoms with E-state index < -0.39 is 0 Å². The lowest BCUT2D eigenvalue weighted by Crippen LogP contribution is -2.32. The molecule has 150 valence electrons. The lowest BCUT2D eigenvalue weighted by atomic mass is 10.1. The maximum absolute atomic E-state index is 12.4. The molecule has 0 saturated heterocycles. The topological polar surface area (TPSA) is 55.1 Å². The van der Waals surface area contributed by atoms with Gasteiger partial charge in [0.15, 0.2) is 0 Å². The van der Waals surface area contributed by atoms with Crippen molar-refractivity contribution in [1.82, 2.24) is 10.3 Å². The minimum atomic E-state index is 0.00206. The normalized spacial score (nSPS) is 14.3. The number of rotatable bonds is 6. The first-order valence-electron chi connectivity index (χ1n) is 10.2. The third-order valence-electron chi connectivity index (χ3n) is 5.37. The van der Waals surface area contributed by atoms with Crippen LogP contribution in [0.1, 0.15) is 53.1 Å². The molecule has 3 aromatic rings. The van der Waals surface area contributed by atoms with Crippen LogP contribution in [0, 0.1) is 13.8 Å². The van der Waals surface area contributed by atoms with Crippen LogP contribution < -0.4 is 5.32 Å². The number of aryl methyl sites for hydroxylation is 2. The molecule has 0 radical (unpaired) electrons. The third-order valence-corrected chi connectivity index (χ3v) is 6.40. The SMILES string of the molecule is Cc1ccc(SCc2nc(-c3ccc(C(=O)NC4CCCC4)cc3)oc2C)cc1. The zero-order valence-corrected chi connectivity index (χ0v) is 17.7. The molecule has 1 saturated carbocycles. The van der Waals surface area contributed by atoms with E-state index >= 15 is 0 Å². The van der Waals surface area contributed by atoms with Gasteiger partial charge < -0.3 is 9.73 Å². The zero-order chi connectivity index (χ0) is 20.2. The van der Waals surface area contributed by atoms with E-state index in [1.54, 1.807) is 11.8 Å². The summed E-state index contributed by atoms with van der Waals surface area (Å²) in [6.45, 7) is 4.04. The molecular weight excluding hydrogens is 380 g/mol. The van der Waals surface area contributed by atoms with Crippen molar-refractivity contribution in [2.75, 3.05) is 0 Å². The van der Waals surface area contributed by atoms with Crippen LogP contribution in [0.2, 0.25) is 0 Å². The van der Waals surface area contributed by atoms with E-state index in [4.69, 9.17) is 4.42 Å². The van der Waals surface area contributed by atoms with Gasteiger partial charge in [-0.3, -0.25) is 4.79 Å². The summed E-state index contributed by atoms with van der Waals surface area (Å²) in [6, 6.07) is 16.3. The summed E-state index contributed by atoms with van der Waals surface area (Å²) in [5, 5.41) is 3.12. The van der Waals surface area contributed by atoms with Crippen LogP contribution in [0.25, 0.3) is 11.5 Å². The summed E-state index contributed by atoms with van der Waals surface area (Å²) in [7, 11) is 0. The predicted molar refractivity (Wildman–Crippen MR) is 117 cm³/mol. The fourth-order valence-electron chi connectivity index (χ4n) is 3.57. The van der Waals surface area contributed by atoms with Gasteiger partial charge in [-0.1, -0.05) is 30.5 Å². The Balaban J connectivity index is 1.41. The zero-order valence-electron chi connectivity index (χ0n) is 16.9. The fourth-order valence-corrected chi connectivity index (χ4v) is 4.47. The van der Waals surface area contributed by atoms with Gasteiger partial charge in [0.05, 0.1) is 5.69 Å². The van der Waals surface area contributed by atoms with Crippen LogP contribution in [0.3, 0.4) is 0 Å². The van der Waals surface area contributed by atoms with Gasteiger partial charge in [0, 0.05) is 27.8 Å². The Labute approximate surface area is 176 Å². The van der Waals surface area contributed by atoms with E-state index in [2.05, 4.69) is 41.5 Å². The highest BCUT2D eigenvalue weighted by Gasteiger charge is 2.18. The minimum absolute atomic E-state index is 0.00206. The van der Waals surface area contributed by atoms with Gasteiger partial charge in [0.1, 0.15) is 5.76 Å². The largest absolute Gasteiger partial charge is 0.441 e. The molecule has 0 aliphatic heterocycles. The van der Waals surface area contributed by atoms with Crippen LogP contribution in [0.4, 0.5) is 0 Å². The summed E-state index contributed by atoms with van der Waals surface area (Å²) >= 11 is 1.75. The molecule has 0 bridgehead atoms. The highest BCUT2D eigenvalue weighted by atomic mass is 32.2. The number of aromatic nitrogens is 1. The van der Waals surface area contributed by atoms with Crippen LogP contribution in [-0.2, 0) is 5.75 Å². The number of thioether (sulfide) groups is 1. The molecule has 2 aromatic carbocycles. The van der Waals surface area contributed by atoms with Gasteiger partial charge in [-0.25, -0.2) is 4.98 Å². The van der Waals surface area contributed by atoms with Crippen molar-refractivity contribution in [1.29, 1.82) is 0 Å². The van der Waals surface area contributed by atoms with Crippen molar-refractivity contribution >= 4 is 17.7 Å². The Morgan fingerprint density at radius 3 is 2.45 bits per heavy atom. The lowest BCUT2D eigenvalue weighted by molar-refractivity contribution is 0.0938. The molecule has 1 amide bonds. The van der Waals surface area contributed by atoms with E-state index in [1.807, 2.05) is 31.2 Å². The Hall–Kier alpha value is -2.53. The first-order valence-corrected chi connectivity index (χ1v) is 11.1. The van der Waals surface area contributed by atoms with Gasteiger partial charge in [0.25, 0.3) is 5.91 Å². The molecule has 0 spiro atoms. The Kier molecular flexibility index (Phi) is 6.05. The fraction of sp³-hybridized carbons (Fsp3) is 0.333. The van der Waals surface area contributed by atoms with Crippen molar-refractivity contribution in [3.63, 3.8) is 0 Å². The molecule has 1 heterocycles. The molecule has 0 unspecified atom stereocenters. The maximum atomic E-state index is 12.4. The summed E-state index contributed by atoms with van der Waals surface area (Å²) < 4.78 is 5.89. The van der Waals surface area contributed by atoms with E-state index in [9.17, 15) is 4.79 Å². The molecule has 1 aromatic heterocycles. The van der Waals surface area contributed by atoms with Gasteiger partial charge >= 0.3 is 0 Å². The van der Waals surface area contributed by atoms with Crippen LogP contribution >= 0.6 is 11.8 Å². The number of amides is 1. The average molecular weight is 407 g/mol. The van der Waals surface area contributed by atoms with Gasteiger partial charge in [0.2, 0.25) is 5.89 Å². The smallest absolute Gasteiger partial charge is 0.251 e. The van der Waals surface area contributed by atoms with Gasteiger partial charge in [-0.05, 0) is 63.1 Å². The highest BCUT2D eigenvalue weighted by molar-refractivity contribution is 7.98. The monoisotopic (exact) mass is 406 g/mol. The summed E-state index contributed by atoms with van der Waals surface area (Å²) in [6.07, 6.45) is 4.58. The van der Waals surface area contributed by atoms with E-state index in [0.717, 1.165) is 35.6 Å². The molecule has 1 aliphatic carbocycles. The van der Waals surface area contributed by atoms with Crippen molar-refractivity contribution in [2.45, 2.75) is 56.2 Å². The van der Waals surface area contributed by atoms with Crippen LogP contribution in [-0.4, -0.2) is 16.9 Å². The maximum Gasteiger partial charge on any atom is 0.251 e. The highest BCUT2D eigenvalue weighted by Crippen LogP contribution is 2.28. The quantitative estimate of drug-likeness (QED) is 0.516. The van der Waals surface area contributed by atoms with Crippen molar-refractivity contribution in [2.24, 2.45) is 0 Å². The van der Waals surface area contributed by atoms with E-state index in [-0.39, 0.29) is 5.91 Å². The molecule has 4 nitrogen and oxygen atoms in total. The van der Waals surface area contributed by atoms with Crippen molar-refractivity contribution < 1.29 is 9.21 Å². The molecule has 1 aliphatic rings. The average Bonchev–Trinajstić information content (AvgIpc) is 3.37. The Morgan fingerprint density at radius 1 is 1.07 bits per heavy atom. The summed E-state index contributed by atoms with van der Waals surface area (Å²) in [5.41, 5.74) is 3.78. The Bertz CT molecular complexity index is 971. The second kappa shape index (κ2) is 8.87. The number of oxazole rings is 1. The Morgan fingerprint density at radius 2 is 1.76 bits per heavy atom. The lowest BCUT2D eigenvalue weighted by Gasteiger charge is -2.11. The number of nitrogens with one attached hydrogen (secondary N) is 1. The second-order valence-corrected chi connectivity index (χ2v) is 8.70. The van der Waals surface area contributed by atoms with Gasteiger partial charge in [-0.15, -0.1) is 11.8 Å². The van der Waals surface area contributed by atoms with E-state index in [1.165, 1.54) is 23.3 Å². The molecule has 1 N–H and O–H groups in total. The van der Waals surface area contributed by atoms with Crippen molar-refractivity contribution in [3.05, 3.63) is 71.1 Å². The number of hydrogen-bond acceptors (Lipinski definition) is 4. The van der Waals surface area contributed by atoms with E-state index in [0.29, 0.717) is 17.5 Å². The standard InChI is InChI=1S/C24H26N2O2S/c1-16-7-13-21(14-8-16)29-15-22-17(2)28-24(26-22)19-11-9-18(10-12-19)23(27)25-20-5-3-4-6-20/h7-14,20H,3-6,15H2,1-2H3,(H,25,27). The predicted octanol–water partition coefficient (Wildman–Crippen LogP) is 5.92. The van der Waals surface area contributed by atoms with Crippen LogP contribution in [0.5, 0.6) is 0 Å². The summed E-state index contributed by atoms with van der Waals surface area (Å²) in [4.78, 5) is 18.3. The molecule has 5 heteroatoms. The number of nitrogens with zero attached hydrogens (tertiary/aromatic N) is 1. The van der Waals surface area contributed by atoms with Crippen molar-refractivity contribution in [3.8, 4) is 11.5 Å². The number of carbonyl (C=O) groups is 1. The molecule has 0 atom stereocenters. The summed E-state index contributed by atoms with van der Waals surface area (Å²) in [5.74, 6) is 2.20. The number of hydrogen-bond donors (Lipinski definition) is 1. The molecular formula is C24H26N2O2S. The first-order chi connectivity index (χ1) is 14.1.